The van der Waals surface area contributed by atoms with E-state index in [1.165, 1.54) is 11.0 Å². The van der Waals surface area contributed by atoms with Crippen LogP contribution in [0.4, 0.5) is 0 Å². The van der Waals surface area contributed by atoms with Gasteiger partial charge in [-0.25, -0.2) is 0 Å². The summed E-state index contributed by atoms with van der Waals surface area (Å²) < 4.78 is 0. The Hall–Kier alpha value is -1.61. The fourth-order valence-electron chi connectivity index (χ4n) is 1.69. The molecule has 1 aliphatic heterocycles. The third kappa shape index (κ3) is 1.78. The molecule has 0 bridgehead atoms. The number of aliphatic hydroxyl groups is 1. The molecule has 1 aliphatic rings. The Balaban J connectivity index is 2.19. The second kappa shape index (κ2) is 3.51. The van der Waals surface area contributed by atoms with E-state index < -0.39 is 5.72 Å². The van der Waals surface area contributed by atoms with Crippen LogP contribution < -0.4 is 0 Å². The zero-order chi connectivity index (χ0) is 10.9. The van der Waals surface area contributed by atoms with Crippen LogP contribution in [-0.2, 0) is 11.2 Å². The van der Waals surface area contributed by atoms with Crippen molar-refractivity contribution < 1.29 is 9.90 Å². The third-order valence-electron chi connectivity index (χ3n) is 2.71. The Bertz CT molecular complexity index is 399. The van der Waals surface area contributed by atoms with Crippen LogP contribution in [0.1, 0.15) is 5.56 Å². The van der Waals surface area contributed by atoms with Crippen LogP contribution in [0.2, 0.25) is 0 Å². The van der Waals surface area contributed by atoms with Crippen molar-refractivity contribution in [2.75, 3.05) is 7.05 Å². The van der Waals surface area contributed by atoms with E-state index in [1.807, 2.05) is 30.3 Å². The molecule has 0 saturated heterocycles. The van der Waals surface area contributed by atoms with Gasteiger partial charge in [0, 0.05) is 19.5 Å². The number of hydrogen-bond acceptors (Lipinski definition) is 2. The fraction of sp³-hybridized carbons (Fsp3) is 0.250. The molecule has 0 spiro atoms. The van der Waals surface area contributed by atoms with Crippen molar-refractivity contribution in [2.45, 2.75) is 12.1 Å². The van der Waals surface area contributed by atoms with Gasteiger partial charge in [0.25, 0.3) is 0 Å². The highest BCUT2D eigenvalue weighted by Crippen LogP contribution is 2.23. The number of amides is 1. The molecule has 1 atom stereocenters. The van der Waals surface area contributed by atoms with Crippen molar-refractivity contribution in [1.82, 2.24) is 4.90 Å². The Morgan fingerprint density at radius 3 is 2.53 bits per heavy atom. The molecule has 0 aromatic heterocycles. The maximum atomic E-state index is 11.3. The largest absolute Gasteiger partial charge is 0.367 e. The van der Waals surface area contributed by atoms with Gasteiger partial charge in [0.2, 0.25) is 5.91 Å². The molecule has 1 aromatic rings. The molecule has 1 unspecified atom stereocenters. The van der Waals surface area contributed by atoms with Gasteiger partial charge in [-0.05, 0) is 11.6 Å². The van der Waals surface area contributed by atoms with Crippen LogP contribution in [0, 0.1) is 0 Å². The van der Waals surface area contributed by atoms with E-state index in [0.717, 1.165) is 5.56 Å². The number of carbonyl (C=O) groups excluding carboxylic acids is 1. The van der Waals surface area contributed by atoms with E-state index in [0.29, 0.717) is 6.42 Å². The monoisotopic (exact) mass is 203 g/mol. The third-order valence-corrected chi connectivity index (χ3v) is 2.71. The lowest BCUT2D eigenvalue weighted by atomic mass is 10.0. The smallest absolute Gasteiger partial charge is 0.248 e. The quantitative estimate of drug-likeness (QED) is 0.777. The predicted molar refractivity (Wildman–Crippen MR) is 57.0 cm³/mol. The van der Waals surface area contributed by atoms with Gasteiger partial charge in [0.15, 0.2) is 5.72 Å². The molecule has 1 aromatic carbocycles. The van der Waals surface area contributed by atoms with Crippen molar-refractivity contribution >= 4 is 5.91 Å². The maximum Gasteiger partial charge on any atom is 0.248 e. The minimum Gasteiger partial charge on any atom is -0.367 e. The molecule has 78 valence electrons. The zero-order valence-electron chi connectivity index (χ0n) is 8.55. The van der Waals surface area contributed by atoms with E-state index in [9.17, 15) is 9.90 Å². The molecule has 2 rings (SSSR count). The molecule has 0 saturated carbocycles. The minimum absolute atomic E-state index is 0.159. The molecule has 0 aliphatic carbocycles. The standard InChI is InChI=1S/C12H13NO2/c1-13-11(14)7-8-12(13,15)9-10-5-3-2-4-6-10/h2-8,15H,9H2,1H3. The summed E-state index contributed by atoms with van der Waals surface area (Å²) in [4.78, 5) is 12.6. The van der Waals surface area contributed by atoms with Crippen LogP contribution in [0.3, 0.4) is 0 Å². The highest BCUT2D eigenvalue weighted by Gasteiger charge is 2.36. The molecule has 0 radical (unpaired) electrons. The van der Waals surface area contributed by atoms with Crippen molar-refractivity contribution in [1.29, 1.82) is 0 Å². The van der Waals surface area contributed by atoms with E-state index in [2.05, 4.69) is 0 Å². The first-order chi connectivity index (χ1) is 7.12. The van der Waals surface area contributed by atoms with E-state index >= 15 is 0 Å². The summed E-state index contributed by atoms with van der Waals surface area (Å²) >= 11 is 0. The summed E-state index contributed by atoms with van der Waals surface area (Å²) in [6.07, 6.45) is 3.37. The normalized spacial score (nSPS) is 24.9. The van der Waals surface area contributed by atoms with Crippen molar-refractivity contribution in [3.63, 3.8) is 0 Å². The summed E-state index contributed by atoms with van der Waals surface area (Å²) in [5.74, 6) is -0.159. The lowest BCUT2D eigenvalue weighted by molar-refractivity contribution is -0.137. The highest BCUT2D eigenvalue weighted by atomic mass is 16.3. The Kier molecular flexibility index (Phi) is 2.32. The van der Waals surface area contributed by atoms with Gasteiger partial charge in [-0.15, -0.1) is 0 Å². The molecular formula is C12H13NO2. The first kappa shape index (κ1) is 9.93. The van der Waals surface area contributed by atoms with E-state index in [4.69, 9.17) is 0 Å². The number of hydrogen-bond donors (Lipinski definition) is 1. The van der Waals surface area contributed by atoms with Gasteiger partial charge < -0.3 is 10.0 Å². The number of likely N-dealkylation sites (N-methyl/N-ethyl adjacent to an activating group) is 1. The number of rotatable bonds is 2. The van der Waals surface area contributed by atoms with E-state index in [1.54, 1.807) is 13.1 Å². The fourth-order valence-corrected chi connectivity index (χ4v) is 1.69. The topological polar surface area (TPSA) is 40.5 Å². The maximum absolute atomic E-state index is 11.3. The Labute approximate surface area is 88.6 Å². The SMILES string of the molecule is CN1C(=O)C=CC1(O)Cc1ccccc1. The average Bonchev–Trinajstić information content (AvgIpc) is 2.48. The first-order valence-corrected chi connectivity index (χ1v) is 4.85. The van der Waals surface area contributed by atoms with Crippen molar-refractivity contribution in [2.24, 2.45) is 0 Å². The predicted octanol–water partition coefficient (Wildman–Crippen LogP) is 0.946. The highest BCUT2D eigenvalue weighted by molar-refractivity contribution is 5.90. The molecule has 0 fully saturated rings. The van der Waals surface area contributed by atoms with Crippen LogP contribution in [0.5, 0.6) is 0 Å². The molecule has 1 N–H and O–H groups in total. The molecule has 15 heavy (non-hydrogen) atoms. The van der Waals surface area contributed by atoms with Gasteiger partial charge in [-0.3, -0.25) is 4.79 Å². The summed E-state index contributed by atoms with van der Waals surface area (Å²) in [6, 6.07) is 9.62. The van der Waals surface area contributed by atoms with Crippen LogP contribution in [-0.4, -0.2) is 28.7 Å². The molecule has 3 nitrogen and oxygen atoms in total. The van der Waals surface area contributed by atoms with Crippen molar-refractivity contribution in [3.8, 4) is 0 Å². The Morgan fingerprint density at radius 2 is 2.00 bits per heavy atom. The summed E-state index contributed by atoms with van der Waals surface area (Å²) in [5.41, 5.74) is -0.162. The van der Waals surface area contributed by atoms with Gasteiger partial charge in [0.05, 0.1) is 0 Å². The van der Waals surface area contributed by atoms with E-state index in [-0.39, 0.29) is 5.91 Å². The molecule has 1 amide bonds. The van der Waals surface area contributed by atoms with Crippen molar-refractivity contribution in [3.05, 3.63) is 48.0 Å². The first-order valence-electron chi connectivity index (χ1n) is 4.85. The minimum atomic E-state index is -1.17. The number of carbonyl (C=O) groups is 1. The van der Waals surface area contributed by atoms with Crippen LogP contribution in [0.15, 0.2) is 42.5 Å². The Morgan fingerprint density at radius 1 is 1.33 bits per heavy atom. The number of benzene rings is 1. The van der Waals surface area contributed by atoms with Crippen LogP contribution in [0.25, 0.3) is 0 Å². The van der Waals surface area contributed by atoms with Gasteiger partial charge in [0.1, 0.15) is 0 Å². The lowest BCUT2D eigenvalue weighted by Crippen LogP contribution is -2.45. The number of nitrogens with zero attached hydrogens (tertiary/aromatic N) is 1. The molecular weight excluding hydrogens is 190 g/mol. The average molecular weight is 203 g/mol. The lowest BCUT2D eigenvalue weighted by Gasteiger charge is -2.29. The summed E-state index contributed by atoms with van der Waals surface area (Å²) in [6.45, 7) is 0. The van der Waals surface area contributed by atoms with Gasteiger partial charge in [-0.1, -0.05) is 30.3 Å². The second-order valence-corrected chi connectivity index (χ2v) is 3.77. The van der Waals surface area contributed by atoms with Crippen LogP contribution >= 0.6 is 0 Å². The van der Waals surface area contributed by atoms with Gasteiger partial charge >= 0.3 is 0 Å². The second-order valence-electron chi connectivity index (χ2n) is 3.77. The summed E-state index contributed by atoms with van der Waals surface area (Å²) in [7, 11) is 1.60. The molecule has 3 heteroatoms. The van der Waals surface area contributed by atoms with Gasteiger partial charge in [-0.2, -0.15) is 0 Å². The summed E-state index contributed by atoms with van der Waals surface area (Å²) in [5, 5.41) is 10.2. The molecule has 1 heterocycles. The zero-order valence-corrected chi connectivity index (χ0v) is 8.55.